The Morgan fingerprint density at radius 2 is 1.89 bits per heavy atom. The molecule has 1 amide bonds. The largest absolute Gasteiger partial charge is 0.377 e. The molecule has 1 saturated heterocycles. The molecule has 3 aromatic heterocycles. The molecule has 0 unspecified atom stereocenters. The van der Waals surface area contributed by atoms with Gasteiger partial charge in [0.05, 0.1) is 25.2 Å². The van der Waals surface area contributed by atoms with Crippen LogP contribution < -0.4 is 10.6 Å². The van der Waals surface area contributed by atoms with E-state index in [9.17, 15) is 4.79 Å². The van der Waals surface area contributed by atoms with E-state index in [1.807, 2.05) is 32.2 Å². The van der Waals surface area contributed by atoms with E-state index in [0.717, 1.165) is 54.5 Å². The van der Waals surface area contributed by atoms with Crippen LogP contribution in [0.2, 0.25) is 5.15 Å². The first-order valence-corrected chi connectivity index (χ1v) is 12.9. The van der Waals surface area contributed by atoms with Crippen LogP contribution in [0.15, 0.2) is 36.8 Å². The van der Waals surface area contributed by atoms with Gasteiger partial charge in [0.15, 0.2) is 5.15 Å². The van der Waals surface area contributed by atoms with E-state index < -0.39 is 0 Å². The Hall–Kier alpha value is -3.04. The summed E-state index contributed by atoms with van der Waals surface area (Å²) in [6, 6.07) is 6.50. The Balaban J connectivity index is 1.07. The molecule has 190 valence electrons. The molecule has 4 heterocycles. The molecule has 9 nitrogen and oxygen atoms in total. The highest BCUT2D eigenvalue weighted by Gasteiger charge is 2.30. The van der Waals surface area contributed by atoms with Crippen molar-refractivity contribution in [3.8, 4) is 0 Å². The second-order valence-corrected chi connectivity index (χ2v) is 10.2. The zero-order valence-corrected chi connectivity index (χ0v) is 21.4. The minimum absolute atomic E-state index is 0.0663. The van der Waals surface area contributed by atoms with Gasteiger partial charge in [0.1, 0.15) is 11.3 Å². The van der Waals surface area contributed by atoms with Gasteiger partial charge in [-0.05, 0) is 56.7 Å². The van der Waals surface area contributed by atoms with Crippen LogP contribution in [0, 0.1) is 5.92 Å². The summed E-state index contributed by atoms with van der Waals surface area (Å²) in [5, 5.41) is 8.35. The Bertz CT molecular complexity index is 1200. The number of carbonyl (C=O) groups is 1. The molecule has 2 N–H and O–H groups in total. The highest BCUT2D eigenvalue weighted by molar-refractivity contribution is 6.33. The zero-order chi connectivity index (χ0) is 25.1. The zero-order valence-electron chi connectivity index (χ0n) is 20.7. The number of fused-ring (bicyclic) bond motifs is 1. The van der Waals surface area contributed by atoms with Gasteiger partial charge in [0.25, 0.3) is 0 Å². The van der Waals surface area contributed by atoms with Crippen molar-refractivity contribution < 1.29 is 9.53 Å². The molecule has 0 spiro atoms. The number of ether oxygens (including phenoxy) is 1. The summed E-state index contributed by atoms with van der Waals surface area (Å²) >= 11 is 6.21. The third kappa shape index (κ3) is 5.52. The van der Waals surface area contributed by atoms with Gasteiger partial charge in [-0.25, -0.2) is 19.9 Å². The predicted molar refractivity (Wildman–Crippen MR) is 140 cm³/mol. The fourth-order valence-corrected chi connectivity index (χ4v) is 4.99. The van der Waals surface area contributed by atoms with Crippen molar-refractivity contribution in [1.82, 2.24) is 24.8 Å². The van der Waals surface area contributed by atoms with Gasteiger partial charge in [-0.1, -0.05) is 11.6 Å². The van der Waals surface area contributed by atoms with Crippen molar-refractivity contribution in [2.75, 3.05) is 37.4 Å². The number of halogens is 1. The maximum Gasteiger partial charge on any atom is 0.230 e. The minimum atomic E-state index is -0.281. The highest BCUT2D eigenvalue weighted by Crippen LogP contribution is 2.28. The lowest BCUT2D eigenvalue weighted by Gasteiger charge is -2.35. The van der Waals surface area contributed by atoms with Crippen molar-refractivity contribution in [3.63, 3.8) is 0 Å². The van der Waals surface area contributed by atoms with Crippen molar-refractivity contribution in [3.05, 3.63) is 47.5 Å². The lowest BCUT2D eigenvalue weighted by molar-refractivity contribution is -0.142. The number of likely N-dealkylation sites (N-methyl/N-ethyl adjacent to an activating group) is 1. The maximum absolute atomic E-state index is 12.7. The van der Waals surface area contributed by atoms with Crippen molar-refractivity contribution in [2.45, 2.75) is 50.6 Å². The lowest BCUT2D eigenvalue weighted by Crippen LogP contribution is -2.50. The number of carbonyl (C=O) groups excluding carboxylic acids is 1. The topological polar surface area (TPSA) is 105 Å². The summed E-state index contributed by atoms with van der Waals surface area (Å²) in [4.78, 5) is 32.2. The Morgan fingerprint density at radius 1 is 1.14 bits per heavy atom. The average Bonchev–Trinajstić information content (AvgIpc) is 2.87. The summed E-state index contributed by atoms with van der Waals surface area (Å²) in [5.41, 5.74) is 1.55. The van der Waals surface area contributed by atoms with Gasteiger partial charge in [0, 0.05) is 49.2 Å². The highest BCUT2D eigenvalue weighted by atomic mass is 35.5. The summed E-state index contributed by atoms with van der Waals surface area (Å²) in [6.45, 7) is 3.95. The number of amides is 1. The van der Waals surface area contributed by atoms with Crippen LogP contribution in [0.3, 0.4) is 0 Å². The first-order chi connectivity index (χ1) is 17.5. The molecule has 1 aliphatic carbocycles. The van der Waals surface area contributed by atoms with Crippen molar-refractivity contribution in [2.24, 2.45) is 5.92 Å². The molecule has 3 aromatic rings. The Labute approximate surface area is 216 Å². The molecule has 0 bridgehead atoms. The van der Waals surface area contributed by atoms with Gasteiger partial charge in [0.2, 0.25) is 11.9 Å². The first-order valence-electron chi connectivity index (χ1n) is 12.6. The van der Waals surface area contributed by atoms with E-state index in [4.69, 9.17) is 16.3 Å². The van der Waals surface area contributed by atoms with Crippen LogP contribution in [0.4, 0.5) is 11.8 Å². The molecule has 2 fully saturated rings. The van der Waals surface area contributed by atoms with Crippen LogP contribution in [-0.2, 0) is 9.53 Å². The molecule has 36 heavy (non-hydrogen) atoms. The smallest absolute Gasteiger partial charge is 0.230 e. The average molecular weight is 510 g/mol. The van der Waals surface area contributed by atoms with Crippen LogP contribution in [0.1, 0.15) is 44.1 Å². The van der Waals surface area contributed by atoms with E-state index in [0.29, 0.717) is 36.3 Å². The normalized spacial score (nSPS) is 21.0. The SMILES string of the molecule is C[C@@H](C(=O)N(C)C1COC1)c1cnc(NCC2CCC(Nc3ccc4ccnc(Cl)c4n3)CC2)nc1. The molecular formula is C26H32ClN7O2. The second kappa shape index (κ2) is 10.9. The summed E-state index contributed by atoms with van der Waals surface area (Å²) in [6.07, 6.45) is 9.58. The summed E-state index contributed by atoms with van der Waals surface area (Å²) in [7, 11) is 1.83. The fourth-order valence-electron chi connectivity index (χ4n) is 4.78. The third-order valence-corrected chi connectivity index (χ3v) is 7.65. The summed E-state index contributed by atoms with van der Waals surface area (Å²) < 4.78 is 5.20. The van der Waals surface area contributed by atoms with Crippen LogP contribution >= 0.6 is 11.6 Å². The number of hydrogen-bond donors (Lipinski definition) is 2. The van der Waals surface area contributed by atoms with E-state index in [1.165, 1.54) is 0 Å². The van der Waals surface area contributed by atoms with E-state index in [1.54, 1.807) is 23.5 Å². The molecule has 10 heteroatoms. The molecule has 1 atom stereocenters. The number of hydrogen-bond acceptors (Lipinski definition) is 8. The van der Waals surface area contributed by atoms with Crippen molar-refractivity contribution >= 4 is 40.2 Å². The monoisotopic (exact) mass is 509 g/mol. The van der Waals surface area contributed by atoms with Crippen LogP contribution in [0.5, 0.6) is 0 Å². The maximum atomic E-state index is 12.7. The van der Waals surface area contributed by atoms with Crippen molar-refractivity contribution in [1.29, 1.82) is 0 Å². The fraction of sp³-hybridized carbons (Fsp3) is 0.500. The molecule has 1 aliphatic heterocycles. The van der Waals surface area contributed by atoms with Crippen LogP contribution in [0.25, 0.3) is 10.9 Å². The van der Waals surface area contributed by atoms with Gasteiger partial charge >= 0.3 is 0 Å². The quantitative estimate of drug-likeness (QED) is 0.437. The molecular weight excluding hydrogens is 478 g/mol. The molecule has 0 radical (unpaired) electrons. The van der Waals surface area contributed by atoms with Crippen LogP contribution in [-0.4, -0.2) is 69.6 Å². The molecule has 2 aliphatic rings. The molecule has 0 aromatic carbocycles. The molecule has 1 saturated carbocycles. The Morgan fingerprint density at radius 3 is 2.58 bits per heavy atom. The first kappa shape index (κ1) is 24.6. The van der Waals surface area contributed by atoms with Gasteiger partial charge in [-0.15, -0.1) is 0 Å². The third-order valence-electron chi connectivity index (χ3n) is 7.37. The summed E-state index contributed by atoms with van der Waals surface area (Å²) in [5.74, 6) is 1.79. The number of pyridine rings is 2. The lowest BCUT2D eigenvalue weighted by atomic mass is 9.86. The van der Waals surface area contributed by atoms with E-state index in [2.05, 4.69) is 30.6 Å². The van der Waals surface area contributed by atoms with Gasteiger partial charge in [-0.3, -0.25) is 4.79 Å². The van der Waals surface area contributed by atoms with E-state index >= 15 is 0 Å². The molecule has 5 rings (SSSR count). The standard InChI is InChI=1S/C26H32ClN7O2/c1-16(25(35)34(2)21-14-36-15-21)19-12-30-26(31-13-19)29-11-17-3-6-20(7-4-17)32-22-8-5-18-9-10-28-24(27)23(18)33-22/h5,8-10,12-13,16-17,20-21H,3-4,6-7,11,14-15H2,1-2H3,(H,32,33)(H,29,30,31)/t16-,17?,20?/m1/s1. The number of aromatic nitrogens is 4. The van der Waals surface area contributed by atoms with Gasteiger partial charge < -0.3 is 20.3 Å². The number of nitrogens with zero attached hydrogens (tertiary/aromatic N) is 5. The Kier molecular flexibility index (Phi) is 7.48. The van der Waals surface area contributed by atoms with E-state index in [-0.39, 0.29) is 17.9 Å². The number of rotatable bonds is 8. The second-order valence-electron chi connectivity index (χ2n) is 9.81. The number of nitrogens with one attached hydrogen (secondary N) is 2. The predicted octanol–water partition coefficient (Wildman–Crippen LogP) is 4.12. The number of anilines is 2. The van der Waals surface area contributed by atoms with Gasteiger partial charge in [-0.2, -0.15) is 0 Å². The minimum Gasteiger partial charge on any atom is -0.377 e.